The van der Waals surface area contributed by atoms with Crippen LogP contribution in [0.1, 0.15) is 58.9 Å². The molecule has 2 fully saturated rings. The van der Waals surface area contributed by atoms with E-state index in [1.165, 1.54) is 70.5 Å². The second-order valence-electron chi connectivity index (χ2n) is 10.1. The largest absolute Gasteiger partial charge is 0.303 e. The lowest BCUT2D eigenvalue weighted by atomic mass is 9.89. The number of pyridine rings is 1. The van der Waals surface area contributed by atoms with Gasteiger partial charge in [-0.15, -0.1) is 0 Å². The standard InChI is InChI=1S/C24H42N4/c1-5-28-13-7-9-23(28)18-27(17-22-8-6-12-25-16-22)20-24(3,4)19-26-14-10-21(2)11-15-26/h6,8,12,16,21,23H,5,7,9-11,13-15,17-20H2,1-4H3/t23-/m1/s1. The highest BCUT2D eigenvalue weighted by molar-refractivity contribution is 5.08. The molecule has 0 radical (unpaired) electrons. The van der Waals surface area contributed by atoms with Gasteiger partial charge in [0.2, 0.25) is 0 Å². The van der Waals surface area contributed by atoms with Crippen molar-refractivity contribution in [2.75, 3.05) is 45.8 Å². The number of hydrogen-bond donors (Lipinski definition) is 0. The minimum Gasteiger partial charge on any atom is -0.303 e. The average Bonchev–Trinajstić information content (AvgIpc) is 3.11. The van der Waals surface area contributed by atoms with Crippen molar-refractivity contribution in [2.24, 2.45) is 11.3 Å². The predicted octanol–water partition coefficient (Wildman–Crippen LogP) is 4.13. The Bertz CT molecular complexity index is 565. The van der Waals surface area contributed by atoms with Gasteiger partial charge in [0.15, 0.2) is 0 Å². The molecule has 0 amide bonds. The van der Waals surface area contributed by atoms with Gasteiger partial charge < -0.3 is 4.90 Å². The van der Waals surface area contributed by atoms with Gasteiger partial charge in [0.25, 0.3) is 0 Å². The first-order valence-electron chi connectivity index (χ1n) is 11.5. The highest BCUT2D eigenvalue weighted by Crippen LogP contribution is 2.26. The van der Waals surface area contributed by atoms with Crippen LogP contribution in [-0.4, -0.2) is 71.5 Å². The predicted molar refractivity (Wildman–Crippen MR) is 118 cm³/mol. The molecule has 0 aliphatic carbocycles. The van der Waals surface area contributed by atoms with Crippen molar-refractivity contribution >= 4 is 0 Å². The first-order valence-corrected chi connectivity index (χ1v) is 11.5. The van der Waals surface area contributed by atoms with Gasteiger partial charge in [0.1, 0.15) is 0 Å². The van der Waals surface area contributed by atoms with E-state index in [9.17, 15) is 0 Å². The number of likely N-dealkylation sites (tertiary alicyclic amines) is 2. The van der Waals surface area contributed by atoms with Crippen LogP contribution in [0, 0.1) is 11.3 Å². The van der Waals surface area contributed by atoms with Crippen molar-refractivity contribution in [2.45, 2.75) is 66.0 Å². The third-order valence-electron chi connectivity index (χ3n) is 6.68. The molecule has 1 atom stereocenters. The number of hydrogen-bond acceptors (Lipinski definition) is 4. The van der Waals surface area contributed by atoms with Crippen LogP contribution in [-0.2, 0) is 6.54 Å². The molecule has 0 spiro atoms. The van der Waals surface area contributed by atoms with Crippen LogP contribution in [0.15, 0.2) is 24.5 Å². The van der Waals surface area contributed by atoms with Crippen molar-refractivity contribution in [1.29, 1.82) is 0 Å². The van der Waals surface area contributed by atoms with Crippen LogP contribution in [0.2, 0.25) is 0 Å². The fourth-order valence-corrected chi connectivity index (χ4v) is 5.23. The van der Waals surface area contributed by atoms with Gasteiger partial charge >= 0.3 is 0 Å². The van der Waals surface area contributed by atoms with Crippen molar-refractivity contribution in [3.63, 3.8) is 0 Å². The lowest BCUT2D eigenvalue weighted by molar-refractivity contribution is 0.0809. The molecule has 158 valence electrons. The summed E-state index contributed by atoms with van der Waals surface area (Å²) in [5.41, 5.74) is 1.64. The van der Waals surface area contributed by atoms with Crippen LogP contribution >= 0.6 is 0 Å². The Hall–Kier alpha value is -0.970. The Kier molecular flexibility index (Phi) is 7.90. The summed E-state index contributed by atoms with van der Waals surface area (Å²) in [5, 5.41) is 0. The van der Waals surface area contributed by atoms with E-state index < -0.39 is 0 Å². The first-order chi connectivity index (χ1) is 13.4. The van der Waals surface area contributed by atoms with Crippen molar-refractivity contribution in [3.8, 4) is 0 Å². The molecule has 0 saturated carbocycles. The van der Waals surface area contributed by atoms with Crippen LogP contribution in [0.3, 0.4) is 0 Å². The topological polar surface area (TPSA) is 22.6 Å². The van der Waals surface area contributed by atoms with E-state index >= 15 is 0 Å². The monoisotopic (exact) mass is 386 g/mol. The van der Waals surface area contributed by atoms with E-state index in [-0.39, 0.29) is 0 Å². The highest BCUT2D eigenvalue weighted by atomic mass is 15.2. The molecule has 0 bridgehead atoms. The molecule has 4 heteroatoms. The molecule has 0 aromatic carbocycles. The van der Waals surface area contributed by atoms with Gasteiger partial charge in [-0.3, -0.25) is 14.8 Å². The SMILES string of the molecule is CCN1CCC[C@@H]1CN(Cc1cccnc1)CC(C)(C)CN1CCC(C)CC1. The van der Waals surface area contributed by atoms with Crippen LogP contribution in [0.25, 0.3) is 0 Å². The van der Waals surface area contributed by atoms with Gasteiger partial charge in [-0.2, -0.15) is 0 Å². The molecule has 1 aromatic rings. The van der Waals surface area contributed by atoms with Gasteiger partial charge in [0, 0.05) is 44.6 Å². The second kappa shape index (κ2) is 10.2. The molecule has 0 unspecified atom stereocenters. The maximum Gasteiger partial charge on any atom is 0.0312 e. The summed E-state index contributed by atoms with van der Waals surface area (Å²) in [6.45, 7) is 19.2. The maximum atomic E-state index is 4.35. The minimum atomic E-state index is 0.304. The summed E-state index contributed by atoms with van der Waals surface area (Å²) < 4.78 is 0. The Labute approximate surface area is 173 Å². The zero-order valence-corrected chi connectivity index (χ0v) is 18.7. The Morgan fingerprint density at radius 1 is 1.18 bits per heavy atom. The normalized spacial score (nSPS) is 23.0. The lowest BCUT2D eigenvalue weighted by Gasteiger charge is -2.40. The Morgan fingerprint density at radius 2 is 1.96 bits per heavy atom. The molecular formula is C24H42N4. The summed E-state index contributed by atoms with van der Waals surface area (Å²) in [6, 6.07) is 5.01. The number of likely N-dealkylation sites (N-methyl/N-ethyl adjacent to an activating group) is 1. The van der Waals surface area contributed by atoms with Crippen LogP contribution in [0.5, 0.6) is 0 Å². The molecular weight excluding hydrogens is 344 g/mol. The zero-order valence-electron chi connectivity index (χ0n) is 18.7. The molecule has 0 N–H and O–H groups in total. The fraction of sp³-hybridized carbons (Fsp3) is 0.792. The van der Waals surface area contributed by atoms with Gasteiger partial charge in [0.05, 0.1) is 0 Å². The van der Waals surface area contributed by atoms with Crippen LogP contribution in [0.4, 0.5) is 0 Å². The third-order valence-corrected chi connectivity index (χ3v) is 6.68. The molecule has 2 aliphatic rings. The summed E-state index contributed by atoms with van der Waals surface area (Å²) in [6.07, 6.45) is 9.35. The molecule has 1 aromatic heterocycles. The van der Waals surface area contributed by atoms with E-state index in [1.807, 2.05) is 12.4 Å². The Balaban J connectivity index is 1.63. The molecule has 2 saturated heterocycles. The van der Waals surface area contributed by atoms with E-state index in [0.29, 0.717) is 11.5 Å². The molecule has 28 heavy (non-hydrogen) atoms. The minimum absolute atomic E-state index is 0.304. The van der Waals surface area contributed by atoms with E-state index in [0.717, 1.165) is 19.0 Å². The summed E-state index contributed by atoms with van der Waals surface area (Å²) in [5.74, 6) is 0.906. The summed E-state index contributed by atoms with van der Waals surface area (Å²) >= 11 is 0. The highest BCUT2D eigenvalue weighted by Gasteiger charge is 2.30. The zero-order chi connectivity index (χ0) is 20.0. The van der Waals surface area contributed by atoms with Crippen molar-refractivity contribution in [3.05, 3.63) is 30.1 Å². The summed E-state index contributed by atoms with van der Waals surface area (Å²) in [4.78, 5) is 12.4. The number of rotatable bonds is 9. The number of aromatic nitrogens is 1. The van der Waals surface area contributed by atoms with Gasteiger partial charge in [-0.25, -0.2) is 0 Å². The van der Waals surface area contributed by atoms with E-state index in [2.05, 4.69) is 59.5 Å². The molecule has 3 heterocycles. The number of nitrogens with zero attached hydrogens (tertiary/aromatic N) is 4. The lowest BCUT2D eigenvalue weighted by Crippen LogP contribution is -2.47. The van der Waals surface area contributed by atoms with Gasteiger partial charge in [-0.1, -0.05) is 33.8 Å². The Morgan fingerprint density at radius 3 is 2.64 bits per heavy atom. The third kappa shape index (κ3) is 6.53. The quantitative estimate of drug-likeness (QED) is 0.636. The molecule has 2 aliphatic heterocycles. The average molecular weight is 387 g/mol. The van der Waals surface area contributed by atoms with Gasteiger partial charge in [-0.05, 0) is 74.8 Å². The van der Waals surface area contributed by atoms with Crippen molar-refractivity contribution < 1.29 is 0 Å². The summed E-state index contributed by atoms with van der Waals surface area (Å²) in [7, 11) is 0. The first kappa shape index (κ1) is 21.7. The fourth-order valence-electron chi connectivity index (χ4n) is 5.23. The van der Waals surface area contributed by atoms with E-state index in [1.54, 1.807) is 0 Å². The molecule has 4 nitrogen and oxygen atoms in total. The molecule has 3 rings (SSSR count). The van der Waals surface area contributed by atoms with Crippen molar-refractivity contribution in [1.82, 2.24) is 19.7 Å². The maximum absolute atomic E-state index is 4.35. The smallest absolute Gasteiger partial charge is 0.0312 e. The van der Waals surface area contributed by atoms with Crippen LogP contribution < -0.4 is 0 Å². The number of piperidine rings is 1. The van der Waals surface area contributed by atoms with E-state index in [4.69, 9.17) is 0 Å². The second-order valence-corrected chi connectivity index (χ2v) is 10.1.